The van der Waals surface area contributed by atoms with Crippen molar-refractivity contribution in [2.24, 2.45) is 17.4 Å². The van der Waals surface area contributed by atoms with Gasteiger partial charge in [-0.1, -0.05) is 18.3 Å². The molecule has 0 radical (unpaired) electrons. The van der Waals surface area contributed by atoms with Gasteiger partial charge in [-0.15, -0.1) is 0 Å². The van der Waals surface area contributed by atoms with Crippen molar-refractivity contribution in [3.05, 3.63) is 29.6 Å². The summed E-state index contributed by atoms with van der Waals surface area (Å²) in [4.78, 5) is 13.2. The number of nitrogens with zero attached hydrogens (tertiary/aromatic N) is 1. The molecule has 0 spiro atoms. The van der Waals surface area contributed by atoms with Gasteiger partial charge in [0.05, 0.1) is 11.5 Å². The van der Waals surface area contributed by atoms with Gasteiger partial charge in [0.25, 0.3) is 0 Å². The van der Waals surface area contributed by atoms with E-state index in [4.69, 9.17) is 23.7 Å². The van der Waals surface area contributed by atoms with Gasteiger partial charge in [0.2, 0.25) is 5.91 Å². The van der Waals surface area contributed by atoms with Crippen LogP contribution in [0.2, 0.25) is 0 Å². The number of anilines is 1. The van der Waals surface area contributed by atoms with E-state index in [1.165, 1.54) is 6.07 Å². The third kappa shape index (κ3) is 2.84. The number of hydrogen-bond donors (Lipinski definition) is 2. The van der Waals surface area contributed by atoms with E-state index in [-0.39, 0.29) is 22.4 Å². The van der Waals surface area contributed by atoms with Crippen LogP contribution in [0.3, 0.4) is 0 Å². The zero-order chi connectivity index (χ0) is 14.0. The molecule has 1 heterocycles. The molecule has 1 aliphatic heterocycles. The molecule has 0 saturated carbocycles. The summed E-state index contributed by atoms with van der Waals surface area (Å²) in [6.07, 6.45) is 1.60. The highest BCUT2D eigenvalue weighted by molar-refractivity contribution is 7.80. The quantitative estimate of drug-likeness (QED) is 0.816. The highest BCUT2D eigenvalue weighted by atomic mass is 32.1. The molecule has 1 unspecified atom stereocenters. The van der Waals surface area contributed by atoms with Gasteiger partial charge < -0.3 is 16.4 Å². The topological polar surface area (TPSA) is 72.4 Å². The molecular weight excluding hydrogens is 265 g/mol. The fraction of sp³-hybridized carbons (Fsp3) is 0.385. The van der Waals surface area contributed by atoms with Crippen molar-refractivity contribution in [3.8, 4) is 0 Å². The number of amides is 1. The first-order valence-electron chi connectivity index (χ1n) is 6.13. The maximum atomic E-state index is 13.8. The summed E-state index contributed by atoms with van der Waals surface area (Å²) in [5, 5.41) is 0. The molecule has 6 heteroatoms. The summed E-state index contributed by atoms with van der Waals surface area (Å²) in [5.41, 5.74) is 11.8. The van der Waals surface area contributed by atoms with Crippen LogP contribution in [-0.4, -0.2) is 24.0 Å². The fourth-order valence-corrected chi connectivity index (χ4v) is 2.65. The Morgan fingerprint density at radius 3 is 2.79 bits per heavy atom. The Hall–Kier alpha value is -1.69. The minimum Gasteiger partial charge on any atom is -0.389 e. The van der Waals surface area contributed by atoms with Gasteiger partial charge in [-0.2, -0.15) is 0 Å². The number of nitrogens with two attached hydrogens (primary N) is 2. The summed E-state index contributed by atoms with van der Waals surface area (Å²) >= 11 is 4.91. The van der Waals surface area contributed by atoms with Crippen LogP contribution in [0.4, 0.5) is 10.1 Å². The van der Waals surface area contributed by atoms with Gasteiger partial charge in [0.15, 0.2) is 0 Å². The van der Waals surface area contributed by atoms with Crippen LogP contribution in [0.25, 0.3) is 0 Å². The molecule has 0 aromatic heterocycles. The Kier molecular flexibility index (Phi) is 3.99. The predicted octanol–water partition coefficient (Wildman–Crippen LogP) is 1.16. The van der Waals surface area contributed by atoms with Crippen LogP contribution in [-0.2, 0) is 4.79 Å². The number of hydrogen-bond acceptors (Lipinski definition) is 3. The summed E-state index contributed by atoms with van der Waals surface area (Å²) in [7, 11) is 0. The Morgan fingerprint density at radius 2 is 2.16 bits per heavy atom. The first kappa shape index (κ1) is 13.7. The van der Waals surface area contributed by atoms with Crippen molar-refractivity contribution in [3.63, 3.8) is 0 Å². The molecule has 4 nitrogen and oxygen atoms in total. The minimum absolute atomic E-state index is 0.0225. The smallest absolute Gasteiger partial charge is 0.222 e. The average molecular weight is 281 g/mol. The molecule has 102 valence electrons. The molecule has 1 aromatic carbocycles. The molecule has 19 heavy (non-hydrogen) atoms. The van der Waals surface area contributed by atoms with E-state index >= 15 is 0 Å². The van der Waals surface area contributed by atoms with Gasteiger partial charge in [0.1, 0.15) is 10.8 Å². The van der Waals surface area contributed by atoms with Crippen LogP contribution in [0.1, 0.15) is 18.4 Å². The van der Waals surface area contributed by atoms with E-state index in [0.717, 1.165) is 19.4 Å². The van der Waals surface area contributed by atoms with Crippen LogP contribution >= 0.6 is 12.2 Å². The monoisotopic (exact) mass is 281 g/mol. The van der Waals surface area contributed by atoms with Crippen molar-refractivity contribution in [1.29, 1.82) is 0 Å². The number of primary amides is 1. The third-order valence-electron chi connectivity index (χ3n) is 3.40. The molecular formula is C13H16FN3OS. The van der Waals surface area contributed by atoms with E-state index in [1.807, 2.05) is 4.90 Å². The number of carbonyl (C=O) groups excluding carboxylic acids is 1. The number of benzene rings is 1. The fourth-order valence-electron chi connectivity index (χ4n) is 2.45. The number of thiocarbonyl (C=S) groups is 1. The van der Waals surface area contributed by atoms with Gasteiger partial charge in [-0.25, -0.2) is 4.39 Å². The SMILES string of the molecule is NC(=O)C1CCCN(c2cccc(F)c2C(N)=S)C1. The molecule has 0 bridgehead atoms. The predicted molar refractivity (Wildman–Crippen MR) is 76.4 cm³/mol. The second-order valence-electron chi connectivity index (χ2n) is 4.69. The summed E-state index contributed by atoms with van der Waals surface area (Å²) < 4.78 is 13.8. The lowest BCUT2D eigenvalue weighted by Crippen LogP contribution is -2.42. The molecule has 2 rings (SSSR count). The lowest BCUT2D eigenvalue weighted by molar-refractivity contribution is -0.122. The Balaban J connectivity index is 2.34. The molecule has 1 fully saturated rings. The Bertz CT molecular complexity index is 521. The Labute approximate surface area is 116 Å². The van der Waals surface area contributed by atoms with Crippen LogP contribution in [0.5, 0.6) is 0 Å². The first-order chi connectivity index (χ1) is 9.00. The van der Waals surface area contributed by atoms with Crippen LogP contribution in [0.15, 0.2) is 18.2 Å². The van der Waals surface area contributed by atoms with Crippen molar-refractivity contribution in [2.75, 3.05) is 18.0 Å². The zero-order valence-electron chi connectivity index (χ0n) is 10.4. The first-order valence-corrected chi connectivity index (χ1v) is 6.54. The summed E-state index contributed by atoms with van der Waals surface area (Å²) in [6, 6.07) is 4.70. The van der Waals surface area contributed by atoms with Gasteiger partial charge in [-0.05, 0) is 25.0 Å². The van der Waals surface area contributed by atoms with E-state index in [0.29, 0.717) is 12.2 Å². The average Bonchev–Trinajstić information content (AvgIpc) is 2.38. The van der Waals surface area contributed by atoms with E-state index < -0.39 is 5.82 Å². The van der Waals surface area contributed by atoms with E-state index in [2.05, 4.69) is 0 Å². The molecule has 1 amide bonds. The minimum atomic E-state index is -0.439. The summed E-state index contributed by atoms with van der Waals surface area (Å²) in [5.74, 6) is -0.972. The number of rotatable bonds is 3. The van der Waals surface area contributed by atoms with Gasteiger partial charge >= 0.3 is 0 Å². The number of piperidine rings is 1. The zero-order valence-corrected chi connectivity index (χ0v) is 11.3. The molecule has 1 aromatic rings. The largest absolute Gasteiger partial charge is 0.389 e. The maximum absolute atomic E-state index is 13.8. The molecule has 1 saturated heterocycles. The van der Waals surface area contributed by atoms with Gasteiger partial charge in [-0.3, -0.25) is 4.79 Å². The van der Waals surface area contributed by atoms with Crippen molar-refractivity contribution < 1.29 is 9.18 Å². The molecule has 1 aliphatic rings. The van der Waals surface area contributed by atoms with Crippen molar-refractivity contribution in [2.45, 2.75) is 12.8 Å². The van der Waals surface area contributed by atoms with Crippen molar-refractivity contribution in [1.82, 2.24) is 0 Å². The maximum Gasteiger partial charge on any atom is 0.222 e. The lowest BCUT2D eigenvalue weighted by atomic mass is 9.96. The van der Waals surface area contributed by atoms with E-state index in [1.54, 1.807) is 12.1 Å². The normalized spacial score (nSPS) is 19.2. The molecule has 0 aliphatic carbocycles. The van der Waals surface area contributed by atoms with E-state index in [9.17, 15) is 9.18 Å². The Morgan fingerprint density at radius 1 is 1.42 bits per heavy atom. The van der Waals surface area contributed by atoms with Crippen LogP contribution in [0, 0.1) is 11.7 Å². The van der Waals surface area contributed by atoms with Gasteiger partial charge in [0, 0.05) is 18.8 Å². The molecule has 1 atom stereocenters. The number of halogens is 1. The van der Waals surface area contributed by atoms with Crippen molar-refractivity contribution >= 4 is 28.8 Å². The second-order valence-corrected chi connectivity index (χ2v) is 5.13. The van der Waals surface area contributed by atoms with Crippen LogP contribution < -0.4 is 16.4 Å². The standard InChI is InChI=1S/C13H16FN3OS/c14-9-4-1-5-10(11(9)13(16)19)17-6-2-3-8(7-17)12(15)18/h1,4-5,8H,2-3,6-7H2,(H2,15,18)(H2,16,19). The summed E-state index contributed by atoms with van der Waals surface area (Å²) in [6.45, 7) is 1.22. The second kappa shape index (κ2) is 5.52. The highest BCUT2D eigenvalue weighted by Crippen LogP contribution is 2.28. The lowest BCUT2D eigenvalue weighted by Gasteiger charge is -2.34. The molecule has 4 N–H and O–H groups in total. The number of carbonyl (C=O) groups is 1. The highest BCUT2D eigenvalue weighted by Gasteiger charge is 2.26. The third-order valence-corrected chi connectivity index (χ3v) is 3.61.